The molecule has 1 aliphatic carbocycles. The molecule has 0 spiro atoms. The van der Waals surface area contributed by atoms with Crippen molar-refractivity contribution in [3.63, 3.8) is 0 Å². The summed E-state index contributed by atoms with van der Waals surface area (Å²) in [7, 11) is 0. The topological polar surface area (TPSA) is 58.9 Å². The molecule has 22 heavy (non-hydrogen) atoms. The van der Waals surface area contributed by atoms with E-state index in [1.165, 1.54) is 6.21 Å². The summed E-state index contributed by atoms with van der Waals surface area (Å²) >= 11 is 12.2. The minimum absolute atomic E-state index is 0.00243. The Labute approximate surface area is 139 Å². The zero-order valence-electron chi connectivity index (χ0n) is 12.4. The number of aliphatic imine (C=N–C) groups is 1. The van der Waals surface area contributed by atoms with E-state index < -0.39 is 5.97 Å². The van der Waals surface area contributed by atoms with Crippen molar-refractivity contribution in [3.05, 3.63) is 38.9 Å². The van der Waals surface area contributed by atoms with Crippen molar-refractivity contribution in [2.45, 2.75) is 32.7 Å². The van der Waals surface area contributed by atoms with E-state index in [4.69, 9.17) is 27.9 Å². The summed E-state index contributed by atoms with van der Waals surface area (Å²) in [6.45, 7) is 3.65. The molecule has 2 rings (SSSR count). The first-order chi connectivity index (χ1) is 10.5. The van der Waals surface area contributed by atoms with Crippen LogP contribution in [0.2, 0.25) is 10.0 Å². The lowest BCUT2D eigenvalue weighted by Gasteiger charge is -2.10. The lowest BCUT2D eigenvalue weighted by Crippen LogP contribution is -2.12. The minimum atomic E-state index is -0.631. The molecule has 1 N–H and O–H groups in total. The Morgan fingerprint density at radius 1 is 1.45 bits per heavy atom. The third-order valence-electron chi connectivity index (χ3n) is 3.29. The van der Waals surface area contributed by atoms with Crippen LogP contribution in [-0.4, -0.2) is 29.9 Å². The first-order valence-corrected chi connectivity index (χ1v) is 7.79. The normalized spacial score (nSPS) is 15.8. The Morgan fingerprint density at radius 2 is 2.14 bits per heavy atom. The summed E-state index contributed by atoms with van der Waals surface area (Å²) in [5.41, 5.74) is 0.959. The Kier molecular flexibility index (Phi) is 5.48. The molecular formula is C16H17Cl2NO3. The maximum atomic E-state index is 12.1. The maximum Gasteiger partial charge on any atom is 0.343 e. The van der Waals surface area contributed by atoms with Gasteiger partial charge in [-0.05, 0) is 44.4 Å². The Bertz CT molecular complexity index is 649. The number of benzene rings is 1. The smallest absolute Gasteiger partial charge is 0.343 e. The lowest BCUT2D eigenvalue weighted by atomic mass is 10.1. The molecule has 0 amide bonds. The van der Waals surface area contributed by atoms with Crippen molar-refractivity contribution in [2.75, 3.05) is 6.61 Å². The monoisotopic (exact) mass is 341 g/mol. The molecule has 0 radical (unpaired) electrons. The van der Waals surface area contributed by atoms with Gasteiger partial charge in [-0.2, -0.15) is 0 Å². The number of hydrogen-bond donors (Lipinski definition) is 1. The van der Waals surface area contributed by atoms with Gasteiger partial charge in [0.2, 0.25) is 0 Å². The Hall–Kier alpha value is -1.52. The average Bonchev–Trinajstić information content (AvgIpc) is 3.29. The first kappa shape index (κ1) is 16.8. The molecule has 1 aromatic rings. The van der Waals surface area contributed by atoms with Gasteiger partial charge in [-0.3, -0.25) is 4.99 Å². The van der Waals surface area contributed by atoms with E-state index in [0.717, 1.165) is 12.8 Å². The molecule has 6 heteroatoms. The largest absolute Gasteiger partial charge is 0.506 e. The van der Waals surface area contributed by atoms with Gasteiger partial charge >= 0.3 is 5.97 Å². The van der Waals surface area contributed by atoms with Crippen molar-refractivity contribution >= 4 is 41.1 Å². The molecule has 0 aliphatic heterocycles. The zero-order valence-corrected chi connectivity index (χ0v) is 13.9. The Morgan fingerprint density at radius 3 is 2.73 bits per heavy atom. The SMILES string of the molecule is CCOC(=O)C(C=NC1CC1)=C(O)c1ccc(Cl)c(C)c1Cl. The summed E-state index contributed by atoms with van der Waals surface area (Å²) in [4.78, 5) is 16.3. The van der Waals surface area contributed by atoms with E-state index in [-0.39, 0.29) is 24.0 Å². The zero-order chi connectivity index (χ0) is 16.3. The predicted molar refractivity (Wildman–Crippen MR) is 88.9 cm³/mol. The molecule has 118 valence electrons. The van der Waals surface area contributed by atoms with E-state index in [1.54, 1.807) is 26.0 Å². The number of carbonyl (C=O) groups excluding carboxylic acids is 1. The second-order valence-electron chi connectivity index (χ2n) is 5.03. The summed E-state index contributed by atoms with van der Waals surface area (Å²) in [6.07, 6.45) is 3.35. The van der Waals surface area contributed by atoms with Crippen molar-refractivity contribution in [1.82, 2.24) is 0 Å². The predicted octanol–water partition coefficient (Wildman–Crippen LogP) is 4.37. The lowest BCUT2D eigenvalue weighted by molar-refractivity contribution is -0.137. The minimum Gasteiger partial charge on any atom is -0.506 e. The third kappa shape index (κ3) is 3.81. The molecule has 0 unspecified atom stereocenters. The molecule has 1 fully saturated rings. The molecule has 0 atom stereocenters. The van der Waals surface area contributed by atoms with E-state index >= 15 is 0 Å². The summed E-state index contributed by atoms with van der Waals surface area (Å²) in [5.74, 6) is -0.888. The number of carbonyl (C=O) groups is 1. The summed E-state index contributed by atoms with van der Waals surface area (Å²) in [5, 5.41) is 11.3. The van der Waals surface area contributed by atoms with Crippen molar-refractivity contribution < 1.29 is 14.6 Å². The molecule has 1 aliphatic rings. The van der Waals surface area contributed by atoms with Crippen LogP contribution in [0, 0.1) is 6.92 Å². The van der Waals surface area contributed by atoms with Crippen LogP contribution in [0.15, 0.2) is 22.7 Å². The number of aliphatic hydroxyl groups is 1. The van der Waals surface area contributed by atoms with E-state index in [9.17, 15) is 9.90 Å². The molecule has 1 saturated carbocycles. The van der Waals surface area contributed by atoms with Crippen LogP contribution in [0.5, 0.6) is 0 Å². The van der Waals surface area contributed by atoms with Gasteiger partial charge in [0.05, 0.1) is 17.7 Å². The molecule has 4 nitrogen and oxygen atoms in total. The third-order valence-corrected chi connectivity index (χ3v) is 4.18. The fourth-order valence-corrected chi connectivity index (χ4v) is 2.27. The van der Waals surface area contributed by atoms with Gasteiger partial charge in [-0.1, -0.05) is 23.2 Å². The van der Waals surface area contributed by atoms with Crippen LogP contribution in [0.25, 0.3) is 5.76 Å². The van der Waals surface area contributed by atoms with Gasteiger partial charge in [-0.15, -0.1) is 0 Å². The van der Waals surface area contributed by atoms with Crippen LogP contribution >= 0.6 is 23.2 Å². The van der Waals surface area contributed by atoms with Crippen LogP contribution in [0.3, 0.4) is 0 Å². The fraction of sp³-hybridized carbons (Fsp3) is 0.375. The van der Waals surface area contributed by atoms with Crippen molar-refractivity contribution in [2.24, 2.45) is 4.99 Å². The number of hydrogen-bond acceptors (Lipinski definition) is 4. The number of rotatable bonds is 5. The Balaban J connectivity index is 2.47. The average molecular weight is 342 g/mol. The number of ether oxygens (including phenoxy) is 1. The van der Waals surface area contributed by atoms with Crippen LogP contribution in [0.4, 0.5) is 0 Å². The summed E-state index contributed by atoms with van der Waals surface area (Å²) in [6, 6.07) is 3.41. The highest BCUT2D eigenvalue weighted by Crippen LogP contribution is 2.32. The fourth-order valence-electron chi connectivity index (χ4n) is 1.81. The number of esters is 1. The van der Waals surface area contributed by atoms with Gasteiger partial charge in [0, 0.05) is 16.8 Å². The summed E-state index contributed by atoms with van der Waals surface area (Å²) < 4.78 is 4.98. The van der Waals surface area contributed by atoms with E-state index in [1.807, 2.05) is 0 Å². The van der Waals surface area contributed by atoms with Gasteiger partial charge in [-0.25, -0.2) is 4.79 Å². The first-order valence-electron chi connectivity index (χ1n) is 7.04. The number of aliphatic hydroxyl groups excluding tert-OH is 1. The van der Waals surface area contributed by atoms with Gasteiger partial charge in [0.25, 0.3) is 0 Å². The second kappa shape index (κ2) is 7.16. The molecule has 0 saturated heterocycles. The van der Waals surface area contributed by atoms with Crippen LogP contribution < -0.4 is 0 Å². The molecule has 0 bridgehead atoms. The molecular weight excluding hydrogens is 325 g/mol. The van der Waals surface area contributed by atoms with Crippen molar-refractivity contribution in [3.8, 4) is 0 Å². The van der Waals surface area contributed by atoms with E-state index in [2.05, 4.69) is 4.99 Å². The second-order valence-corrected chi connectivity index (χ2v) is 5.81. The maximum absolute atomic E-state index is 12.1. The van der Waals surface area contributed by atoms with Gasteiger partial charge in [0.1, 0.15) is 11.3 Å². The molecule has 0 aromatic heterocycles. The highest BCUT2D eigenvalue weighted by Gasteiger charge is 2.23. The van der Waals surface area contributed by atoms with Gasteiger partial charge < -0.3 is 9.84 Å². The quantitative estimate of drug-likeness (QED) is 0.374. The molecule has 0 heterocycles. The van der Waals surface area contributed by atoms with Crippen molar-refractivity contribution in [1.29, 1.82) is 0 Å². The van der Waals surface area contributed by atoms with Crippen LogP contribution in [-0.2, 0) is 9.53 Å². The van der Waals surface area contributed by atoms with E-state index in [0.29, 0.717) is 21.2 Å². The van der Waals surface area contributed by atoms with Crippen LogP contribution in [0.1, 0.15) is 30.9 Å². The highest BCUT2D eigenvalue weighted by molar-refractivity contribution is 6.37. The number of nitrogens with zero attached hydrogens (tertiary/aromatic N) is 1. The molecule has 1 aromatic carbocycles. The van der Waals surface area contributed by atoms with Gasteiger partial charge in [0.15, 0.2) is 0 Å². The highest BCUT2D eigenvalue weighted by atomic mass is 35.5. The standard InChI is InChI=1S/C16H17Cl2NO3/c1-3-22-16(21)12(8-19-10-4-5-10)15(20)11-6-7-13(17)9(2)14(11)18/h6-8,10,20H,3-5H2,1-2H3. The number of halogens is 2.